The zero-order valence-electron chi connectivity index (χ0n) is 12.0. The first-order chi connectivity index (χ1) is 11.4. The van der Waals surface area contributed by atoms with Gasteiger partial charge in [-0.05, 0) is 12.1 Å². The van der Waals surface area contributed by atoms with Gasteiger partial charge in [-0.25, -0.2) is 4.39 Å². The maximum absolute atomic E-state index is 13.6. The van der Waals surface area contributed by atoms with Crippen LogP contribution in [-0.2, 0) is 4.79 Å². The molecule has 2 aromatic rings. The van der Waals surface area contributed by atoms with Crippen molar-refractivity contribution in [3.63, 3.8) is 0 Å². The lowest BCUT2D eigenvalue weighted by Crippen LogP contribution is -2.21. The molecule has 0 heterocycles. The highest BCUT2D eigenvalue weighted by atomic mass is 19.1. The van der Waals surface area contributed by atoms with Crippen LogP contribution in [0.3, 0.4) is 0 Å². The molecule has 2 rings (SSSR count). The molecule has 0 saturated heterocycles. The zero-order chi connectivity index (χ0) is 17.7. The van der Waals surface area contributed by atoms with Crippen LogP contribution in [0.25, 0.3) is 0 Å². The van der Waals surface area contributed by atoms with E-state index < -0.39 is 33.9 Å². The molecule has 0 radical (unpaired) electrons. The molecule has 0 fully saturated rings. The second-order valence-corrected chi connectivity index (χ2v) is 4.48. The second-order valence-electron chi connectivity index (χ2n) is 4.48. The van der Waals surface area contributed by atoms with E-state index in [0.717, 1.165) is 18.2 Å². The smallest absolute Gasteiger partial charge is 0.310 e. The van der Waals surface area contributed by atoms with Crippen LogP contribution in [0.15, 0.2) is 42.5 Å². The SMILES string of the molecule is O=C(COc1ccccc1[N+](=O)[O-])Nc1cc([N+](=O)[O-])ccc1F. The van der Waals surface area contributed by atoms with Crippen molar-refractivity contribution in [3.8, 4) is 5.75 Å². The summed E-state index contributed by atoms with van der Waals surface area (Å²) in [4.78, 5) is 31.8. The molecular formula is C14H10FN3O6. The van der Waals surface area contributed by atoms with Crippen molar-refractivity contribution in [2.75, 3.05) is 11.9 Å². The van der Waals surface area contributed by atoms with E-state index in [4.69, 9.17) is 4.74 Å². The average Bonchev–Trinajstić information content (AvgIpc) is 2.55. The molecule has 24 heavy (non-hydrogen) atoms. The molecule has 2 aromatic carbocycles. The fraction of sp³-hybridized carbons (Fsp3) is 0.0714. The third-order valence-electron chi connectivity index (χ3n) is 2.86. The van der Waals surface area contributed by atoms with E-state index in [2.05, 4.69) is 5.32 Å². The van der Waals surface area contributed by atoms with Crippen LogP contribution in [0.4, 0.5) is 21.5 Å². The molecule has 1 N–H and O–H groups in total. The number of ether oxygens (including phenoxy) is 1. The number of carbonyl (C=O) groups is 1. The Morgan fingerprint density at radius 1 is 1.12 bits per heavy atom. The van der Waals surface area contributed by atoms with Gasteiger partial charge in [0.15, 0.2) is 12.4 Å². The first-order valence-electron chi connectivity index (χ1n) is 6.48. The maximum Gasteiger partial charge on any atom is 0.310 e. The molecule has 124 valence electrons. The van der Waals surface area contributed by atoms with Crippen LogP contribution >= 0.6 is 0 Å². The number of amides is 1. The number of non-ortho nitro benzene ring substituents is 1. The van der Waals surface area contributed by atoms with Gasteiger partial charge in [0.1, 0.15) is 5.82 Å². The highest BCUT2D eigenvalue weighted by Crippen LogP contribution is 2.26. The highest BCUT2D eigenvalue weighted by Gasteiger charge is 2.16. The van der Waals surface area contributed by atoms with Crippen LogP contribution in [0.2, 0.25) is 0 Å². The summed E-state index contributed by atoms with van der Waals surface area (Å²) in [5.74, 6) is -1.82. The molecule has 0 unspecified atom stereocenters. The first-order valence-corrected chi connectivity index (χ1v) is 6.48. The fourth-order valence-corrected chi connectivity index (χ4v) is 1.78. The third-order valence-corrected chi connectivity index (χ3v) is 2.86. The molecule has 9 nitrogen and oxygen atoms in total. The number of carbonyl (C=O) groups excluding carboxylic acids is 1. The molecule has 0 atom stereocenters. The molecule has 0 aliphatic carbocycles. The van der Waals surface area contributed by atoms with Crippen molar-refractivity contribution in [1.82, 2.24) is 0 Å². The van der Waals surface area contributed by atoms with Gasteiger partial charge in [-0.1, -0.05) is 12.1 Å². The topological polar surface area (TPSA) is 125 Å². The number of anilines is 1. The molecule has 0 spiro atoms. The summed E-state index contributed by atoms with van der Waals surface area (Å²) in [5.41, 5.74) is -1.11. The van der Waals surface area contributed by atoms with Crippen molar-refractivity contribution < 1.29 is 23.8 Å². The van der Waals surface area contributed by atoms with Gasteiger partial charge in [0, 0.05) is 18.2 Å². The molecule has 0 bridgehead atoms. The van der Waals surface area contributed by atoms with E-state index in [1.165, 1.54) is 24.3 Å². The van der Waals surface area contributed by atoms with Crippen molar-refractivity contribution in [2.45, 2.75) is 0 Å². The van der Waals surface area contributed by atoms with Crippen LogP contribution in [-0.4, -0.2) is 22.4 Å². The molecule has 10 heteroatoms. The quantitative estimate of drug-likeness (QED) is 0.639. The summed E-state index contributed by atoms with van der Waals surface area (Å²) in [7, 11) is 0. The van der Waals surface area contributed by atoms with Crippen LogP contribution in [0.5, 0.6) is 5.75 Å². The number of benzene rings is 2. The van der Waals surface area contributed by atoms with Gasteiger partial charge < -0.3 is 10.1 Å². The minimum atomic E-state index is -0.861. The standard InChI is InChI=1S/C14H10FN3O6/c15-10-6-5-9(17(20)21)7-11(10)16-14(19)8-24-13-4-2-1-3-12(13)18(22)23/h1-7H,8H2,(H,16,19). The van der Waals surface area contributed by atoms with Gasteiger partial charge in [-0.15, -0.1) is 0 Å². The van der Waals surface area contributed by atoms with Gasteiger partial charge in [0.2, 0.25) is 0 Å². The average molecular weight is 335 g/mol. The Hall–Kier alpha value is -3.56. The van der Waals surface area contributed by atoms with Crippen LogP contribution in [0, 0.1) is 26.0 Å². The van der Waals surface area contributed by atoms with Gasteiger partial charge in [-0.2, -0.15) is 0 Å². The normalized spacial score (nSPS) is 10.0. The van der Waals surface area contributed by atoms with E-state index in [1.807, 2.05) is 0 Å². The summed E-state index contributed by atoms with van der Waals surface area (Å²) in [6, 6.07) is 8.08. The lowest BCUT2D eigenvalue weighted by molar-refractivity contribution is -0.385. The Labute approximate surface area is 134 Å². The van der Waals surface area contributed by atoms with Crippen molar-refractivity contribution >= 4 is 23.0 Å². The summed E-state index contributed by atoms with van der Waals surface area (Å²) < 4.78 is 18.6. The monoisotopic (exact) mass is 335 g/mol. The molecule has 0 aliphatic rings. The Bertz CT molecular complexity index is 811. The van der Waals surface area contributed by atoms with Gasteiger partial charge in [0.05, 0.1) is 15.5 Å². The number of rotatable bonds is 6. The van der Waals surface area contributed by atoms with Gasteiger partial charge >= 0.3 is 5.69 Å². The van der Waals surface area contributed by atoms with Crippen LogP contribution in [0.1, 0.15) is 0 Å². The molecule has 0 aliphatic heterocycles. The van der Waals surface area contributed by atoms with E-state index >= 15 is 0 Å². The summed E-state index contributed by atoms with van der Waals surface area (Å²) in [6.07, 6.45) is 0. The lowest BCUT2D eigenvalue weighted by atomic mass is 10.2. The number of para-hydroxylation sites is 2. The highest BCUT2D eigenvalue weighted by molar-refractivity contribution is 5.92. The Morgan fingerprint density at radius 3 is 2.50 bits per heavy atom. The minimum absolute atomic E-state index is 0.128. The van der Waals surface area contributed by atoms with E-state index in [9.17, 15) is 29.4 Å². The van der Waals surface area contributed by atoms with Gasteiger partial charge in [-0.3, -0.25) is 25.0 Å². The number of nitro benzene ring substituents is 2. The number of halogens is 1. The number of hydrogen-bond donors (Lipinski definition) is 1. The molecular weight excluding hydrogens is 325 g/mol. The zero-order valence-corrected chi connectivity index (χ0v) is 12.0. The predicted octanol–water partition coefficient (Wildman–Crippen LogP) is 2.66. The maximum atomic E-state index is 13.6. The Morgan fingerprint density at radius 2 is 1.83 bits per heavy atom. The Balaban J connectivity index is 2.06. The molecule has 0 saturated carbocycles. The number of nitrogens with one attached hydrogen (secondary N) is 1. The second kappa shape index (κ2) is 7.13. The number of hydrogen-bond acceptors (Lipinski definition) is 6. The lowest BCUT2D eigenvalue weighted by Gasteiger charge is -2.08. The van der Waals surface area contributed by atoms with Crippen LogP contribution < -0.4 is 10.1 Å². The predicted molar refractivity (Wildman–Crippen MR) is 80.3 cm³/mol. The van der Waals surface area contributed by atoms with Crippen molar-refractivity contribution in [3.05, 3.63) is 68.5 Å². The molecule has 1 amide bonds. The summed E-state index contributed by atoms with van der Waals surface area (Å²) in [6.45, 7) is -0.632. The van der Waals surface area contributed by atoms with E-state index in [0.29, 0.717) is 0 Å². The van der Waals surface area contributed by atoms with Crippen molar-refractivity contribution in [1.29, 1.82) is 0 Å². The summed E-state index contributed by atoms with van der Waals surface area (Å²) >= 11 is 0. The van der Waals surface area contributed by atoms with Crippen molar-refractivity contribution in [2.24, 2.45) is 0 Å². The first kappa shape index (κ1) is 16.8. The number of nitro groups is 2. The molecule has 0 aromatic heterocycles. The fourth-order valence-electron chi connectivity index (χ4n) is 1.78. The Kier molecular flexibility index (Phi) is 5.00. The minimum Gasteiger partial charge on any atom is -0.477 e. The number of nitrogens with zero attached hydrogens (tertiary/aromatic N) is 2. The van der Waals surface area contributed by atoms with E-state index in [1.54, 1.807) is 0 Å². The largest absolute Gasteiger partial charge is 0.477 e. The van der Waals surface area contributed by atoms with Gasteiger partial charge in [0.25, 0.3) is 11.6 Å². The summed E-state index contributed by atoms with van der Waals surface area (Å²) in [5, 5.41) is 23.6. The third kappa shape index (κ3) is 4.00. The van der Waals surface area contributed by atoms with E-state index in [-0.39, 0.29) is 17.1 Å².